The Labute approximate surface area is 190 Å². The molecule has 1 fully saturated rings. The fraction of sp³-hybridized carbons (Fsp3) is 0.261. The van der Waals surface area contributed by atoms with Crippen LogP contribution in [-0.2, 0) is 4.79 Å². The van der Waals surface area contributed by atoms with E-state index in [1.807, 2.05) is 35.2 Å². The summed E-state index contributed by atoms with van der Waals surface area (Å²) < 4.78 is 5.66. The number of aromatic nitrogens is 2. The molecular weight excluding hydrogens is 432 g/mol. The molecule has 31 heavy (non-hydrogen) atoms. The van der Waals surface area contributed by atoms with Crippen molar-refractivity contribution in [3.8, 4) is 11.5 Å². The first-order valence-corrected chi connectivity index (χ1v) is 11.5. The van der Waals surface area contributed by atoms with Crippen LogP contribution in [0.15, 0.2) is 70.3 Å². The highest BCUT2D eigenvalue weighted by Crippen LogP contribution is 2.24. The van der Waals surface area contributed by atoms with Gasteiger partial charge in [0.2, 0.25) is 11.8 Å². The lowest BCUT2D eigenvalue weighted by atomic mass is 10.2. The summed E-state index contributed by atoms with van der Waals surface area (Å²) >= 11 is 7.17. The van der Waals surface area contributed by atoms with Crippen LogP contribution in [0.2, 0.25) is 5.02 Å². The number of rotatable bonds is 7. The highest BCUT2D eigenvalue weighted by molar-refractivity contribution is 7.99. The van der Waals surface area contributed by atoms with E-state index >= 15 is 0 Å². The maximum atomic E-state index is 12.6. The van der Waals surface area contributed by atoms with E-state index < -0.39 is 0 Å². The van der Waals surface area contributed by atoms with E-state index in [1.54, 1.807) is 12.1 Å². The van der Waals surface area contributed by atoms with Crippen LogP contribution >= 0.6 is 23.4 Å². The Hall–Kier alpha value is -2.61. The van der Waals surface area contributed by atoms with Gasteiger partial charge < -0.3 is 9.32 Å². The smallest absolute Gasteiger partial charge is 0.277 e. The largest absolute Gasteiger partial charge is 0.411 e. The lowest BCUT2D eigenvalue weighted by Crippen LogP contribution is -2.49. The molecule has 6 nitrogen and oxygen atoms in total. The van der Waals surface area contributed by atoms with Gasteiger partial charge in [-0.15, -0.1) is 10.2 Å². The summed E-state index contributed by atoms with van der Waals surface area (Å²) in [7, 11) is 0. The number of halogens is 1. The number of amides is 1. The second-order valence-corrected chi connectivity index (χ2v) is 8.53. The van der Waals surface area contributed by atoms with Gasteiger partial charge in [0.25, 0.3) is 5.22 Å². The molecule has 0 atom stereocenters. The first kappa shape index (κ1) is 21.6. The zero-order valence-corrected chi connectivity index (χ0v) is 18.6. The zero-order chi connectivity index (χ0) is 21.5. The topological polar surface area (TPSA) is 62.5 Å². The van der Waals surface area contributed by atoms with Crippen molar-refractivity contribution in [1.29, 1.82) is 0 Å². The van der Waals surface area contributed by atoms with Crippen molar-refractivity contribution in [2.45, 2.75) is 5.22 Å². The average molecular weight is 455 g/mol. The van der Waals surface area contributed by atoms with Crippen molar-refractivity contribution >= 4 is 35.3 Å². The molecule has 1 aromatic heterocycles. The predicted molar refractivity (Wildman–Crippen MR) is 124 cm³/mol. The molecule has 2 aromatic carbocycles. The molecule has 0 spiro atoms. The van der Waals surface area contributed by atoms with E-state index in [1.165, 1.54) is 17.3 Å². The molecule has 1 amide bonds. The normalized spacial score (nSPS) is 14.9. The lowest BCUT2D eigenvalue weighted by molar-refractivity contribution is -0.130. The molecule has 1 aliphatic heterocycles. The Morgan fingerprint density at radius 1 is 1.03 bits per heavy atom. The van der Waals surface area contributed by atoms with Crippen molar-refractivity contribution in [1.82, 2.24) is 20.0 Å². The molecule has 0 aliphatic carbocycles. The van der Waals surface area contributed by atoms with Gasteiger partial charge in [0.15, 0.2) is 0 Å². The van der Waals surface area contributed by atoms with Gasteiger partial charge in [-0.05, 0) is 29.8 Å². The summed E-state index contributed by atoms with van der Waals surface area (Å²) in [5, 5.41) is 9.12. The molecule has 1 saturated heterocycles. The van der Waals surface area contributed by atoms with Gasteiger partial charge in [0, 0.05) is 43.3 Å². The highest BCUT2D eigenvalue weighted by Gasteiger charge is 2.21. The van der Waals surface area contributed by atoms with E-state index in [4.69, 9.17) is 16.0 Å². The molecule has 2 heterocycles. The van der Waals surface area contributed by atoms with Crippen molar-refractivity contribution in [2.75, 3.05) is 38.5 Å². The minimum Gasteiger partial charge on any atom is -0.411 e. The lowest BCUT2D eigenvalue weighted by Gasteiger charge is -2.34. The van der Waals surface area contributed by atoms with Crippen LogP contribution in [0.5, 0.6) is 0 Å². The highest BCUT2D eigenvalue weighted by atomic mass is 35.5. The second kappa shape index (κ2) is 10.6. The Morgan fingerprint density at radius 3 is 2.52 bits per heavy atom. The van der Waals surface area contributed by atoms with Gasteiger partial charge in [-0.25, -0.2) is 0 Å². The van der Waals surface area contributed by atoms with Gasteiger partial charge >= 0.3 is 0 Å². The van der Waals surface area contributed by atoms with Crippen molar-refractivity contribution in [2.24, 2.45) is 0 Å². The Bertz CT molecular complexity index is 1020. The quantitative estimate of drug-likeness (QED) is 0.495. The Morgan fingerprint density at radius 2 is 1.77 bits per heavy atom. The number of thioether (sulfide) groups is 1. The number of nitrogens with zero attached hydrogens (tertiary/aromatic N) is 4. The first-order chi connectivity index (χ1) is 15.2. The summed E-state index contributed by atoms with van der Waals surface area (Å²) in [5.41, 5.74) is 2.00. The first-order valence-electron chi connectivity index (χ1n) is 10.1. The third-order valence-corrected chi connectivity index (χ3v) is 6.07. The molecule has 0 unspecified atom stereocenters. The minimum absolute atomic E-state index is 0.0933. The van der Waals surface area contributed by atoms with Crippen LogP contribution in [0.3, 0.4) is 0 Å². The molecule has 8 heteroatoms. The van der Waals surface area contributed by atoms with Gasteiger partial charge in [-0.2, -0.15) is 0 Å². The molecular formula is C23H23ClN4O2S. The summed E-state index contributed by atoms with van der Waals surface area (Å²) in [5.74, 6) is 0.801. The number of hydrogen-bond donors (Lipinski definition) is 0. The number of carbonyl (C=O) groups is 1. The van der Waals surface area contributed by atoms with Crippen LogP contribution in [-0.4, -0.2) is 64.4 Å². The van der Waals surface area contributed by atoms with Crippen LogP contribution in [0.4, 0.5) is 0 Å². The van der Waals surface area contributed by atoms with Crippen molar-refractivity contribution in [3.63, 3.8) is 0 Å². The van der Waals surface area contributed by atoms with E-state index in [9.17, 15) is 4.79 Å². The summed E-state index contributed by atoms with van der Waals surface area (Å²) in [4.78, 5) is 16.8. The zero-order valence-electron chi connectivity index (χ0n) is 17.0. The maximum Gasteiger partial charge on any atom is 0.277 e. The Balaban J connectivity index is 1.20. The summed E-state index contributed by atoms with van der Waals surface area (Å²) in [6, 6.07) is 17.5. The molecule has 0 bridgehead atoms. The standard InChI is InChI=1S/C23H23ClN4O2S/c24-20-10-8-19(9-11-20)22-25-26-23(30-22)31-17-21(29)28-15-13-27(14-16-28)12-4-7-18-5-2-1-3-6-18/h1-11H,12-17H2. The number of hydrogen-bond acceptors (Lipinski definition) is 6. The van der Waals surface area contributed by atoms with Crippen LogP contribution in [0.25, 0.3) is 17.5 Å². The van der Waals surface area contributed by atoms with Crippen LogP contribution in [0, 0.1) is 0 Å². The Kier molecular flexibility index (Phi) is 7.40. The summed E-state index contributed by atoms with van der Waals surface area (Å²) in [6.45, 7) is 4.10. The predicted octanol–water partition coefficient (Wildman–Crippen LogP) is 4.34. The second-order valence-electron chi connectivity index (χ2n) is 7.16. The van der Waals surface area contributed by atoms with Gasteiger partial charge in [0.1, 0.15) is 0 Å². The third-order valence-electron chi connectivity index (χ3n) is 5.02. The third kappa shape index (κ3) is 6.19. The molecule has 0 N–H and O–H groups in total. The number of carbonyl (C=O) groups excluding carboxylic acids is 1. The van der Waals surface area contributed by atoms with E-state index in [0.29, 0.717) is 16.1 Å². The number of benzene rings is 2. The molecule has 3 aromatic rings. The molecule has 1 aliphatic rings. The van der Waals surface area contributed by atoms with E-state index in [2.05, 4.69) is 39.4 Å². The van der Waals surface area contributed by atoms with Crippen LogP contribution < -0.4 is 0 Å². The van der Waals surface area contributed by atoms with Gasteiger partial charge in [-0.1, -0.05) is 65.8 Å². The monoisotopic (exact) mass is 454 g/mol. The fourth-order valence-electron chi connectivity index (χ4n) is 3.27. The average Bonchev–Trinajstić information content (AvgIpc) is 3.28. The van der Waals surface area contributed by atoms with E-state index in [0.717, 1.165) is 38.3 Å². The number of piperazine rings is 1. The molecule has 0 saturated carbocycles. The summed E-state index contributed by atoms with van der Waals surface area (Å²) in [6.07, 6.45) is 4.31. The molecule has 4 rings (SSSR count). The molecule has 0 radical (unpaired) electrons. The molecule has 160 valence electrons. The minimum atomic E-state index is 0.0933. The van der Waals surface area contributed by atoms with Crippen molar-refractivity contribution in [3.05, 3.63) is 71.3 Å². The fourth-order valence-corrected chi connectivity index (χ4v) is 4.07. The SMILES string of the molecule is O=C(CSc1nnc(-c2ccc(Cl)cc2)o1)N1CCN(CC=Cc2ccccc2)CC1. The van der Waals surface area contributed by atoms with E-state index in [-0.39, 0.29) is 11.7 Å². The van der Waals surface area contributed by atoms with Crippen molar-refractivity contribution < 1.29 is 9.21 Å². The maximum absolute atomic E-state index is 12.6. The van der Waals surface area contributed by atoms with Gasteiger partial charge in [0.05, 0.1) is 5.75 Å². The van der Waals surface area contributed by atoms with Crippen LogP contribution in [0.1, 0.15) is 5.56 Å². The van der Waals surface area contributed by atoms with Gasteiger partial charge in [-0.3, -0.25) is 9.69 Å².